The van der Waals surface area contributed by atoms with Gasteiger partial charge >= 0.3 is 0 Å². The van der Waals surface area contributed by atoms with Gasteiger partial charge in [-0.1, -0.05) is 188 Å². The molecule has 306 valence electrons. The summed E-state index contributed by atoms with van der Waals surface area (Å²) >= 11 is 0. The fourth-order valence-electron chi connectivity index (χ4n) is 9.77. The smallest absolute Gasteiger partial charge is 0.0789 e. The quantitative estimate of drug-likeness (QED) is 0.144. The first-order valence-corrected chi connectivity index (χ1v) is 22.3. The Hall–Kier alpha value is -8.66. The average molecular weight is 830 g/mol. The van der Waals surface area contributed by atoms with E-state index in [-0.39, 0.29) is 0 Å². The number of fused-ring (bicyclic) bond motifs is 7. The molecular formula is C62H43N3. The summed E-state index contributed by atoms with van der Waals surface area (Å²) in [4.78, 5) is 4.89. The van der Waals surface area contributed by atoms with Gasteiger partial charge < -0.3 is 14.4 Å². The third-order valence-electron chi connectivity index (χ3n) is 12.7. The first-order chi connectivity index (χ1) is 32.3. The van der Waals surface area contributed by atoms with Crippen LogP contribution < -0.4 is 9.80 Å². The second-order valence-electron chi connectivity index (χ2n) is 16.5. The highest BCUT2D eigenvalue weighted by atomic mass is 15.2. The molecule has 0 bridgehead atoms. The fourth-order valence-corrected chi connectivity index (χ4v) is 9.77. The molecule has 0 aliphatic carbocycles. The van der Waals surface area contributed by atoms with Crippen molar-refractivity contribution in [2.24, 2.45) is 0 Å². The molecule has 0 fully saturated rings. The minimum atomic E-state index is 1.08. The highest BCUT2D eigenvalue weighted by Crippen LogP contribution is 2.52. The number of benzene rings is 11. The summed E-state index contributed by atoms with van der Waals surface area (Å²) < 4.78 is 2.54. The van der Waals surface area contributed by atoms with Crippen LogP contribution in [0.1, 0.15) is 0 Å². The zero-order valence-electron chi connectivity index (χ0n) is 35.7. The van der Waals surface area contributed by atoms with Crippen LogP contribution in [-0.2, 0) is 0 Å². The van der Waals surface area contributed by atoms with Gasteiger partial charge in [0.2, 0.25) is 0 Å². The van der Waals surface area contributed by atoms with Crippen LogP contribution in [0.4, 0.5) is 34.1 Å². The van der Waals surface area contributed by atoms with Crippen LogP contribution in [0.5, 0.6) is 0 Å². The minimum Gasteiger partial charge on any atom is -0.308 e. The molecule has 0 spiro atoms. The summed E-state index contributed by atoms with van der Waals surface area (Å²) in [6.45, 7) is 0. The third kappa shape index (κ3) is 6.70. The second-order valence-corrected chi connectivity index (χ2v) is 16.5. The predicted molar refractivity (Wildman–Crippen MR) is 276 cm³/mol. The van der Waals surface area contributed by atoms with E-state index in [1.165, 1.54) is 54.6 Å². The van der Waals surface area contributed by atoms with Crippen molar-refractivity contribution in [3.8, 4) is 27.9 Å². The summed E-state index contributed by atoms with van der Waals surface area (Å²) in [6.07, 6.45) is 0. The van der Waals surface area contributed by atoms with E-state index in [1.54, 1.807) is 0 Å². The molecule has 0 saturated carbocycles. The molecule has 0 aliphatic heterocycles. The zero-order chi connectivity index (χ0) is 43.1. The number of para-hydroxylation sites is 3. The Balaban J connectivity index is 1.23. The van der Waals surface area contributed by atoms with Gasteiger partial charge in [0.25, 0.3) is 0 Å². The van der Waals surface area contributed by atoms with Crippen molar-refractivity contribution in [3.63, 3.8) is 0 Å². The largest absolute Gasteiger partial charge is 0.308 e. The molecule has 0 amide bonds. The molecule has 65 heavy (non-hydrogen) atoms. The Morgan fingerprint density at radius 3 is 0.969 bits per heavy atom. The van der Waals surface area contributed by atoms with E-state index in [4.69, 9.17) is 0 Å². The SMILES string of the molecule is c1ccc(-c2ccc(N(c3ccccc3)c3cc4ccccc4c4c5c6ccccc6cc(N(c6ccccc6)c6ccc(-c7ccccc7)cc6)c5n(-c5ccccc5)c34)cc2)cc1. The molecule has 0 atom stereocenters. The maximum absolute atomic E-state index is 2.54. The molecule has 12 aromatic rings. The monoisotopic (exact) mass is 829 g/mol. The Morgan fingerprint density at radius 1 is 0.262 bits per heavy atom. The van der Waals surface area contributed by atoms with Crippen LogP contribution in [0.2, 0.25) is 0 Å². The lowest BCUT2D eigenvalue weighted by atomic mass is 9.97. The van der Waals surface area contributed by atoms with E-state index < -0.39 is 0 Å². The Morgan fingerprint density at radius 2 is 0.569 bits per heavy atom. The van der Waals surface area contributed by atoms with Crippen molar-refractivity contribution in [1.29, 1.82) is 0 Å². The lowest BCUT2D eigenvalue weighted by Crippen LogP contribution is -2.13. The van der Waals surface area contributed by atoms with Crippen LogP contribution in [0.3, 0.4) is 0 Å². The van der Waals surface area contributed by atoms with Gasteiger partial charge in [0.05, 0.1) is 22.4 Å². The van der Waals surface area contributed by atoms with Crippen LogP contribution in [0.15, 0.2) is 261 Å². The molecule has 3 nitrogen and oxygen atoms in total. The normalized spacial score (nSPS) is 11.4. The number of anilines is 6. The van der Waals surface area contributed by atoms with Gasteiger partial charge in [0, 0.05) is 39.2 Å². The van der Waals surface area contributed by atoms with Gasteiger partial charge in [-0.3, -0.25) is 0 Å². The third-order valence-corrected chi connectivity index (χ3v) is 12.7. The maximum Gasteiger partial charge on any atom is 0.0789 e. The van der Waals surface area contributed by atoms with Gasteiger partial charge in [-0.15, -0.1) is 0 Å². The highest BCUT2D eigenvalue weighted by Gasteiger charge is 2.28. The van der Waals surface area contributed by atoms with Crippen molar-refractivity contribution in [3.05, 3.63) is 261 Å². The molecule has 11 aromatic carbocycles. The van der Waals surface area contributed by atoms with Crippen LogP contribution >= 0.6 is 0 Å². The molecule has 0 saturated heterocycles. The highest BCUT2D eigenvalue weighted by molar-refractivity contribution is 6.33. The van der Waals surface area contributed by atoms with Crippen molar-refractivity contribution in [1.82, 2.24) is 4.57 Å². The molecule has 3 heteroatoms. The Kier molecular flexibility index (Phi) is 9.50. The summed E-state index contributed by atoms with van der Waals surface area (Å²) in [5, 5.41) is 7.19. The van der Waals surface area contributed by atoms with E-state index in [9.17, 15) is 0 Å². The van der Waals surface area contributed by atoms with Crippen molar-refractivity contribution < 1.29 is 0 Å². The lowest BCUT2D eigenvalue weighted by molar-refractivity contribution is 1.16. The van der Waals surface area contributed by atoms with Crippen molar-refractivity contribution in [2.45, 2.75) is 0 Å². The lowest BCUT2D eigenvalue weighted by Gasteiger charge is -2.29. The van der Waals surface area contributed by atoms with Crippen LogP contribution in [-0.4, -0.2) is 4.57 Å². The van der Waals surface area contributed by atoms with Crippen molar-refractivity contribution in [2.75, 3.05) is 9.80 Å². The Bertz CT molecular complexity index is 3380. The zero-order valence-corrected chi connectivity index (χ0v) is 35.7. The predicted octanol–water partition coefficient (Wildman–Crippen LogP) is 17.4. The van der Waals surface area contributed by atoms with Gasteiger partial charge in [-0.05, 0) is 117 Å². The topological polar surface area (TPSA) is 11.4 Å². The number of hydrogen-bond donors (Lipinski definition) is 0. The number of rotatable bonds is 9. The first-order valence-electron chi connectivity index (χ1n) is 22.3. The van der Waals surface area contributed by atoms with E-state index >= 15 is 0 Å². The second kappa shape index (κ2) is 16.2. The fraction of sp³-hybridized carbons (Fsp3) is 0. The molecule has 0 aliphatic rings. The van der Waals surface area contributed by atoms with E-state index in [2.05, 4.69) is 275 Å². The van der Waals surface area contributed by atoms with E-state index in [0.29, 0.717) is 0 Å². The molecule has 1 aromatic heterocycles. The number of aromatic nitrogens is 1. The molecule has 12 rings (SSSR count). The maximum atomic E-state index is 2.54. The average Bonchev–Trinajstić information content (AvgIpc) is 3.76. The number of hydrogen-bond acceptors (Lipinski definition) is 2. The van der Waals surface area contributed by atoms with E-state index in [1.807, 2.05) is 0 Å². The molecule has 0 N–H and O–H groups in total. The first kappa shape index (κ1) is 38.0. The summed E-state index contributed by atoms with van der Waals surface area (Å²) in [5.74, 6) is 0. The molecule has 0 radical (unpaired) electrons. The van der Waals surface area contributed by atoms with Gasteiger partial charge in [-0.25, -0.2) is 0 Å². The van der Waals surface area contributed by atoms with E-state index in [0.717, 1.165) is 50.8 Å². The molecular weight excluding hydrogens is 787 g/mol. The van der Waals surface area contributed by atoms with Gasteiger partial charge in [0.15, 0.2) is 0 Å². The molecule has 1 heterocycles. The van der Waals surface area contributed by atoms with Gasteiger partial charge in [0.1, 0.15) is 0 Å². The van der Waals surface area contributed by atoms with Crippen LogP contribution in [0, 0.1) is 0 Å². The van der Waals surface area contributed by atoms with Crippen LogP contribution in [0.25, 0.3) is 71.3 Å². The number of nitrogens with zero attached hydrogens (tertiary/aromatic N) is 3. The standard InChI is InChI=1S/C62H43N3/c1-6-20-44(21-7-1)46-34-38-53(39-35-46)63(50-26-10-3-11-27-50)57-42-48-24-16-18-32-55(48)59-60-56-33-19-17-25-49(56)43-58(62(60)65(61(57)59)52-30-14-5-15-31-52)64(51-28-12-4-13-29-51)54-40-36-47(37-41-54)45-22-8-2-9-23-45/h1-43H. The minimum absolute atomic E-state index is 1.08. The summed E-state index contributed by atoms with van der Waals surface area (Å²) in [5.41, 5.74) is 14.6. The van der Waals surface area contributed by atoms with Crippen molar-refractivity contribution >= 4 is 77.5 Å². The Labute approximate surface area is 378 Å². The summed E-state index contributed by atoms with van der Waals surface area (Å²) in [7, 11) is 0. The van der Waals surface area contributed by atoms with Gasteiger partial charge in [-0.2, -0.15) is 0 Å². The molecule has 0 unspecified atom stereocenters. The summed E-state index contributed by atoms with van der Waals surface area (Å²) in [6, 6.07) is 94.5.